The number of hydrogen-bond acceptors (Lipinski definition) is 2. The molecule has 0 aliphatic rings. The van der Waals surface area contributed by atoms with Gasteiger partial charge in [0.1, 0.15) is 6.29 Å². The van der Waals surface area contributed by atoms with Crippen LogP contribution in [0.25, 0.3) is 0 Å². The van der Waals surface area contributed by atoms with Gasteiger partial charge in [-0.2, -0.15) is 0 Å². The third-order valence-electron chi connectivity index (χ3n) is 3.50. The summed E-state index contributed by atoms with van der Waals surface area (Å²) in [7, 11) is 0. The van der Waals surface area contributed by atoms with Gasteiger partial charge in [-0.05, 0) is 49.2 Å². The smallest absolute Gasteiger partial charge is 0.141 e. The number of carbonyl (C=O) groups excluding carboxylic acids is 1. The molecule has 2 aromatic carbocycles. The summed E-state index contributed by atoms with van der Waals surface area (Å²) in [5, 5.41) is 4.27. The Morgan fingerprint density at radius 2 is 1.86 bits per heavy atom. The summed E-state index contributed by atoms with van der Waals surface area (Å²) < 4.78 is 0.997. The third-order valence-corrected chi connectivity index (χ3v) is 4.73. The zero-order chi connectivity index (χ0) is 16.3. The SMILES string of the molecule is CC(C)(NC(C=O)c1ccc(Cl)c(Cl)c1)c1cccc(Br)c1. The maximum Gasteiger partial charge on any atom is 0.141 e. The van der Waals surface area contributed by atoms with Gasteiger partial charge < -0.3 is 4.79 Å². The summed E-state index contributed by atoms with van der Waals surface area (Å²) in [5.41, 5.74) is 1.47. The lowest BCUT2D eigenvalue weighted by Gasteiger charge is -2.30. The summed E-state index contributed by atoms with van der Waals surface area (Å²) in [5.74, 6) is 0. The number of nitrogens with one attached hydrogen (secondary N) is 1. The van der Waals surface area contributed by atoms with Gasteiger partial charge in [0.15, 0.2) is 0 Å². The second-order valence-electron chi connectivity index (χ2n) is 5.57. The van der Waals surface area contributed by atoms with E-state index in [4.69, 9.17) is 23.2 Å². The molecule has 2 aromatic rings. The Balaban J connectivity index is 2.28. The van der Waals surface area contributed by atoms with Gasteiger partial charge in [0.05, 0.1) is 16.1 Å². The van der Waals surface area contributed by atoms with Gasteiger partial charge >= 0.3 is 0 Å². The van der Waals surface area contributed by atoms with Gasteiger partial charge in [0.25, 0.3) is 0 Å². The van der Waals surface area contributed by atoms with Crippen molar-refractivity contribution >= 4 is 45.4 Å². The first-order valence-corrected chi connectivity index (χ1v) is 8.32. The van der Waals surface area contributed by atoms with E-state index >= 15 is 0 Å². The first-order chi connectivity index (χ1) is 10.3. The molecule has 0 amide bonds. The van der Waals surface area contributed by atoms with Crippen molar-refractivity contribution in [2.75, 3.05) is 0 Å². The normalized spacial score (nSPS) is 13.0. The van der Waals surface area contributed by atoms with E-state index in [1.807, 2.05) is 38.1 Å². The van der Waals surface area contributed by atoms with Crippen molar-refractivity contribution in [3.05, 3.63) is 68.1 Å². The highest BCUT2D eigenvalue weighted by molar-refractivity contribution is 9.10. The molecule has 0 radical (unpaired) electrons. The number of carbonyl (C=O) groups is 1. The molecule has 0 heterocycles. The Kier molecular flexibility index (Phi) is 5.67. The minimum atomic E-state index is -0.469. The van der Waals surface area contributed by atoms with E-state index in [0.29, 0.717) is 10.0 Å². The minimum absolute atomic E-state index is 0.387. The van der Waals surface area contributed by atoms with Crippen LogP contribution in [0.3, 0.4) is 0 Å². The average Bonchev–Trinajstić information content (AvgIpc) is 2.48. The van der Waals surface area contributed by atoms with Crippen LogP contribution in [0.15, 0.2) is 46.9 Å². The van der Waals surface area contributed by atoms with Crippen LogP contribution in [0.4, 0.5) is 0 Å². The van der Waals surface area contributed by atoms with Crippen molar-refractivity contribution in [3.63, 3.8) is 0 Å². The summed E-state index contributed by atoms with van der Waals surface area (Å²) in [6, 6.07) is 12.7. The van der Waals surface area contributed by atoms with E-state index in [9.17, 15) is 4.79 Å². The van der Waals surface area contributed by atoms with E-state index in [1.54, 1.807) is 18.2 Å². The van der Waals surface area contributed by atoms with Crippen LogP contribution in [0.5, 0.6) is 0 Å². The highest BCUT2D eigenvalue weighted by Crippen LogP contribution is 2.29. The van der Waals surface area contributed by atoms with Gasteiger partial charge in [0, 0.05) is 10.0 Å². The summed E-state index contributed by atoms with van der Waals surface area (Å²) in [6.45, 7) is 4.06. The number of rotatable bonds is 5. The molecular weight excluding hydrogens is 385 g/mol. The fourth-order valence-electron chi connectivity index (χ4n) is 2.25. The lowest BCUT2D eigenvalue weighted by molar-refractivity contribution is -0.110. The maximum absolute atomic E-state index is 11.5. The number of aldehydes is 1. The van der Waals surface area contributed by atoms with Crippen LogP contribution >= 0.6 is 39.1 Å². The monoisotopic (exact) mass is 399 g/mol. The predicted octanol–water partition coefficient (Wildman–Crippen LogP) is 5.52. The fraction of sp³-hybridized carbons (Fsp3) is 0.235. The van der Waals surface area contributed by atoms with Gasteiger partial charge in [0.2, 0.25) is 0 Å². The van der Waals surface area contributed by atoms with E-state index in [2.05, 4.69) is 21.2 Å². The number of benzene rings is 2. The molecule has 2 nitrogen and oxygen atoms in total. The van der Waals surface area contributed by atoms with Crippen molar-refractivity contribution < 1.29 is 4.79 Å². The molecule has 0 aliphatic carbocycles. The Hall–Kier alpha value is -0.870. The van der Waals surface area contributed by atoms with E-state index in [0.717, 1.165) is 21.9 Å². The molecule has 22 heavy (non-hydrogen) atoms. The second kappa shape index (κ2) is 7.14. The van der Waals surface area contributed by atoms with Crippen LogP contribution < -0.4 is 5.32 Å². The zero-order valence-electron chi connectivity index (χ0n) is 12.2. The quantitative estimate of drug-likeness (QED) is 0.669. The summed E-state index contributed by atoms with van der Waals surface area (Å²) in [6.07, 6.45) is 0.874. The van der Waals surface area contributed by atoms with E-state index in [1.165, 1.54) is 0 Å². The van der Waals surface area contributed by atoms with Gasteiger partial charge in [-0.25, -0.2) is 0 Å². The Labute approximate surface area is 148 Å². The lowest BCUT2D eigenvalue weighted by atomic mass is 9.92. The van der Waals surface area contributed by atoms with Crippen LogP contribution in [0.2, 0.25) is 10.0 Å². The van der Waals surface area contributed by atoms with E-state index < -0.39 is 6.04 Å². The standard InChI is InChI=1S/C17H16BrCl2NO/c1-17(2,12-4-3-5-13(18)9-12)21-16(10-22)11-6-7-14(19)15(20)8-11/h3-10,16,21H,1-2H3. The Morgan fingerprint density at radius 1 is 1.14 bits per heavy atom. The number of halogens is 3. The van der Waals surface area contributed by atoms with Gasteiger partial charge in [-0.15, -0.1) is 0 Å². The predicted molar refractivity (Wildman–Crippen MR) is 95.6 cm³/mol. The topological polar surface area (TPSA) is 29.1 Å². The third kappa shape index (κ3) is 4.11. The minimum Gasteiger partial charge on any atom is -0.301 e. The molecule has 1 unspecified atom stereocenters. The summed E-state index contributed by atoms with van der Waals surface area (Å²) in [4.78, 5) is 11.5. The molecule has 2 rings (SSSR count). The molecular formula is C17H16BrCl2NO. The molecule has 5 heteroatoms. The van der Waals surface area contributed by atoms with E-state index in [-0.39, 0.29) is 5.54 Å². The molecule has 0 saturated carbocycles. The van der Waals surface area contributed by atoms with Gasteiger partial charge in [-0.3, -0.25) is 5.32 Å². The largest absolute Gasteiger partial charge is 0.301 e. The van der Waals surface area contributed by atoms with Crippen molar-refractivity contribution in [2.45, 2.75) is 25.4 Å². The van der Waals surface area contributed by atoms with Crippen molar-refractivity contribution in [2.24, 2.45) is 0 Å². The van der Waals surface area contributed by atoms with Gasteiger partial charge in [-0.1, -0.05) is 57.3 Å². The average molecular weight is 401 g/mol. The second-order valence-corrected chi connectivity index (χ2v) is 7.30. The molecule has 0 aliphatic heterocycles. The molecule has 0 fully saturated rings. The molecule has 0 aromatic heterocycles. The van der Waals surface area contributed by atoms with Crippen molar-refractivity contribution in [3.8, 4) is 0 Å². The zero-order valence-corrected chi connectivity index (χ0v) is 15.3. The maximum atomic E-state index is 11.5. The fourth-order valence-corrected chi connectivity index (χ4v) is 2.96. The summed E-state index contributed by atoms with van der Waals surface area (Å²) >= 11 is 15.4. The van der Waals surface area contributed by atoms with Crippen LogP contribution in [0.1, 0.15) is 31.0 Å². The van der Waals surface area contributed by atoms with Crippen LogP contribution in [-0.4, -0.2) is 6.29 Å². The molecule has 1 atom stereocenters. The van der Waals surface area contributed by atoms with Crippen molar-refractivity contribution in [1.29, 1.82) is 0 Å². The van der Waals surface area contributed by atoms with Crippen LogP contribution in [-0.2, 0) is 10.3 Å². The molecule has 0 saturated heterocycles. The lowest BCUT2D eigenvalue weighted by Crippen LogP contribution is -2.40. The Morgan fingerprint density at radius 3 is 2.45 bits per heavy atom. The Bertz CT molecular complexity index is 688. The molecule has 0 spiro atoms. The number of hydrogen-bond donors (Lipinski definition) is 1. The molecule has 1 N–H and O–H groups in total. The molecule has 116 valence electrons. The highest BCUT2D eigenvalue weighted by atomic mass is 79.9. The van der Waals surface area contributed by atoms with Crippen molar-refractivity contribution in [1.82, 2.24) is 5.32 Å². The first kappa shape index (κ1) is 17.5. The molecule has 0 bridgehead atoms. The van der Waals surface area contributed by atoms with Crippen LogP contribution in [0, 0.1) is 0 Å². The highest BCUT2D eigenvalue weighted by Gasteiger charge is 2.25. The first-order valence-electron chi connectivity index (χ1n) is 6.77.